The molecule has 2 amide bonds. The quantitative estimate of drug-likeness (QED) is 0.570. The molecule has 3 saturated heterocycles. The maximum absolute atomic E-state index is 12.0. The molecule has 0 spiro atoms. The van der Waals surface area contributed by atoms with Crippen LogP contribution in [0.1, 0.15) is 32.1 Å². The largest absolute Gasteiger partial charge is 0.378 e. The molecule has 2 atom stereocenters. The van der Waals surface area contributed by atoms with Gasteiger partial charge in [0.15, 0.2) is 0 Å². The smallest absolute Gasteiger partial charge is 0.258 e. The molecule has 3 heterocycles. The second-order valence-electron chi connectivity index (χ2n) is 5.69. The number of rotatable bonds is 5. The van der Waals surface area contributed by atoms with Gasteiger partial charge in [0.05, 0.1) is 6.10 Å². The molecule has 0 aromatic heterocycles. The molecule has 0 radical (unpaired) electrons. The summed E-state index contributed by atoms with van der Waals surface area (Å²) in [7, 11) is 0. The Morgan fingerprint density at radius 2 is 1.75 bits per heavy atom. The van der Waals surface area contributed by atoms with E-state index in [1.165, 1.54) is 4.90 Å². The van der Waals surface area contributed by atoms with Crippen molar-refractivity contribution in [2.45, 2.75) is 50.4 Å². The number of likely N-dealkylation sites (tertiary alicyclic amines) is 1. The highest BCUT2D eigenvalue weighted by atomic mass is 16.5. The Morgan fingerprint density at radius 3 is 2.40 bits per heavy atom. The lowest BCUT2D eigenvalue weighted by molar-refractivity contribution is -0.168. The Morgan fingerprint density at radius 1 is 1.10 bits per heavy atom. The fourth-order valence-electron chi connectivity index (χ4n) is 3.11. The molecular weight excluding hydrogens is 260 g/mol. The Bertz CT molecular complexity index is 359. The summed E-state index contributed by atoms with van der Waals surface area (Å²) >= 11 is 0. The molecule has 2 bridgehead atoms. The molecule has 112 valence electrons. The van der Waals surface area contributed by atoms with Gasteiger partial charge in [0, 0.05) is 13.2 Å². The molecule has 0 aromatic rings. The average molecular weight is 282 g/mol. The van der Waals surface area contributed by atoms with Crippen molar-refractivity contribution in [1.82, 2.24) is 10.2 Å². The molecule has 2 unspecified atom stereocenters. The summed E-state index contributed by atoms with van der Waals surface area (Å²) in [5, 5.41) is 3.29. The van der Waals surface area contributed by atoms with Gasteiger partial charge in [-0.25, -0.2) is 0 Å². The molecular formula is C14H22N2O4. The molecule has 3 aliphatic heterocycles. The lowest BCUT2D eigenvalue weighted by Gasteiger charge is -2.30. The van der Waals surface area contributed by atoms with Gasteiger partial charge in [-0.05, 0) is 45.2 Å². The first kappa shape index (κ1) is 14.0. The first-order chi connectivity index (χ1) is 9.75. The maximum Gasteiger partial charge on any atom is 0.258 e. The summed E-state index contributed by atoms with van der Waals surface area (Å²) in [5.74, 6) is -0.323. The van der Waals surface area contributed by atoms with E-state index in [4.69, 9.17) is 9.47 Å². The monoisotopic (exact) mass is 282 g/mol. The van der Waals surface area contributed by atoms with Gasteiger partial charge in [-0.1, -0.05) is 0 Å². The van der Waals surface area contributed by atoms with E-state index in [0.29, 0.717) is 38.5 Å². The number of nitrogens with zero attached hydrogens (tertiary/aromatic N) is 1. The highest BCUT2D eigenvalue weighted by Crippen LogP contribution is 2.28. The summed E-state index contributed by atoms with van der Waals surface area (Å²) in [5.41, 5.74) is 0. The second kappa shape index (κ2) is 6.20. The van der Waals surface area contributed by atoms with Crippen LogP contribution in [0.5, 0.6) is 0 Å². The number of amides is 2. The highest BCUT2D eigenvalue weighted by Gasteiger charge is 2.46. The number of carbonyl (C=O) groups excluding carboxylic acids is 2. The topological polar surface area (TPSA) is 67.9 Å². The van der Waals surface area contributed by atoms with Gasteiger partial charge >= 0.3 is 0 Å². The summed E-state index contributed by atoms with van der Waals surface area (Å²) in [6, 6.07) is 0. The average Bonchev–Trinajstić information content (AvgIpc) is 2.93. The van der Waals surface area contributed by atoms with Crippen molar-refractivity contribution in [3.63, 3.8) is 0 Å². The van der Waals surface area contributed by atoms with E-state index in [2.05, 4.69) is 5.32 Å². The SMILES string of the molecule is O=C1C2CCC(O2)C(=O)N1CCCOC1CCNCC1. The number of hydrogen-bond acceptors (Lipinski definition) is 5. The van der Waals surface area contributed by atoms with Gasteiger partial charge in [0.2, 0.25) is 0 Å². The second-order valence-corrected chi connectivity index (χ2v) is 5.69. The van der Waals surface area contributed by atoms with Crippen LogP contribution >= 0.6 is 0 Å². The van der Waals surface area contributed by atoms with Crippen LogP contribution in [0, 0.1) is 0 Å². The van der Waals surface area contributed by atoms with Gasteiger partial charge in [0.25, 0.3) is 11.8 Å². The van der Waals surface area contributed by atoms with Crippen LogP contribution in [0.15, 0.2) is 0 Å². The number of imide groups is 1. The third-order valence-corrected chi connectivity index (χ3v) is 4.27. The van der Waals surface area contributed by atoms with E-state index in [0.717, 1.165) is 25.9 Å². The summed E-state index contributed by atoms with van der Waals surface area (Å²) in [4.78, 5) is 25.4. The first-order valence-electron chi connectivity index (χ1n) is 7.58. The number of nitrogens with one attached hydrogen (secondary N) is 1. The van der Waals surface area contributed by atoms with Crippen LogP contribution in [-0.4, -0.2) is 61.3 Å². The van der Waals surface area contributed by atoms with Crippen molar-refractivity contribution in [2.24, 2.45) is 0 Å². The maximum atomic E-state index is 12.0. The standard InChI is InChI=1S/C14H22N2O4/c17-13-11-2-3-12(20-11)14(18)16(13)8-1-9-19-10-4-6-15-7-5-10/h10-12,15H,1-9H2. The predicted molar refractivity (Wildman–Crippen MR) is 71.1 cm³/mol. The van der Waals surface area contributed by atoms with Crippen molar-refractivity contribution in [2.75, 3.05) is 26.2 Å². The minimum atomic E-state index is -0.386. The van der Waals surface area contributed by atoms with Crippen molar-refractivity contribution < 1.29 is 19.1 Å². The van der Waals surface area contributed by atoms with Gasteiger partial charge in [-0.15, -0.1) is 0 Å². The number of hydrogen-bond donors (Lipinski definition) is 1. The molecule has 0 aromatic carbocycles. The Hall–Kier alpha value is -0.980. The van der Waals surface area contributed by atoms with Crippen LogP contribution in [0.2, 0.25) is 0 Å². The molecule has 3 rings (SSSR count). The Labute approximate surface area is 118 Å². The molecule has 1 N–H and O–H groups in total. The molecule has 6 heteroatoms. The normalized spacial score (nSPS) is 31.1. The first-order valence-corrected chi connectivity index (χ1v) is 7.58. The van der Waals surface area contributed by atoms with E-state index in [1.807, 2.05) is 0 Å². The molecule has 0 saturated carbocycles. The van der Waals surface area contributed by atoms with E-state index >= 15 is 0 Å². The molecule has 6 nitrogen and oxygen atoms in total. The van der Waals surface area contributed by atoms with Crippen molar-refractivity contribution in [3.8, 4) is 0 Å². The fraction of sp³-hybridized carbons (Fsp3) is 0.857. The fourth-order valence-corrected chi connectivity index (χ4v) is 3.11. The van der Waals surface area contributed by atoms with E-state index < -0.39 is 0 Å². The zero-order chi connectivity index (χ0) is 13.9. The summed E-state index contributed by atoms with van der Waals surface area (Å²) in [6.07, 6.45) is 3.70. The number of fused-ring (bicyclic) bond motifs is 2. The van der Waals surface area contributed by atoms with E-state index in [1.54, 1.807) is 0 Å². The van der Waals surface area contributed by atoms with Crippen LogP contribution in [-0.2, 0) is 19.1 Å². The number of piperidine rings is 1. The van der Waals surface area contributed by atoms with E-state index in [9.17, 15) is 9.59 Å². The Kier molecular flexibility index (Phi) is 4.33. The van der Waals surface area contributed by atoms with Crippen LogP contribution in [0.25, 0.3) is 0 Å². The zero-order valence-corrected chi connectivity index (χ0v) is 11.7. The van der Waals surface area contributed by atoms with Gasteiger partial charge < -0.3 is 14.8 Å². The van der Waals surface area contributed by atoms with Gasteiger partial charge in [-0.3, -0.25) is 14.5 Å². The van der Waals surface area contributed by atoms with Crippen LogP contribution in [0.4, 0.5) is 0 Å². The number of carbonyl (C=O) groups is 2. The molecule has 3 aliphatic rings. The van der Waals surface area contributed by atoms with Crippen LogP contribution < -0.4 is 5.32 Å². The summed E-state index contributed by atoms with van der Waals surface area (Å²) < 4.78 is 11.2. The van der Waals surface area contributed by atoms with Gasteiger partial charge in [-0.2, -0.15) is 0 Å². The van der Waals surface area contributed by atoms with Crippen molar-refractivity contribution >= 4 is 11.8 Å². The minimum absolute atomic E-state index is 0.161. The lowest BCUT2D eigenvalue weighted by Crippen LogP contribution is -2.52. The highest BCUT2D eigenvalue weighted by molar-refractivity contribution is 6.02. The van der Waals surface area contributed by atoms with Gasteiger partial charge in [0.1, 0.15) is 12.2 Å². The van der Waals surface area contributed by atoms with Crippen molar-refractivity contribution in [1.29, 1.82) is 0 Å². The van der Waals surface area contributed by atoms with Crippen LogP contribution in [0.3, 0.4) is 0 Å². The third-order valence-electron chi connectivity index (χ3n) is 4.27. The lowest BCUT2D eigenvalue weighted by atomic mass is 10.1. The van der Waals surface area contributed by atoms with Crippen molar-refractivity contribution in [3.05, 3.63) is 0 Å². The third kappa shape index (κ3) is 2.87. The van der Waals surface area contributed by atoms with E-state index in [-0.39, 0.29) is 24.0 Å². The summed E-state index contributed by atoms with van der Waals surface area (Å²) in [6.45, 7) is 3.08. The molecule has 0 aliphatic carbocycles. The number of morpholine rings is 1. The molecule has 3 fully saturated rings. The Balaban J connectivity index is 1.41. The predicted octanol–water partition coefficient (Wildman–Crippen LogP) is 0.0615. The molecule has 20 heavy (non-hydrogen) atoms. The zero-order valence-electron chi connectivity index (χ0n) is 11.7. The minimum Gasteiger partial charge on any atom is -0.378 e. The number of ether oxygens (including phenoxy) is 2.